The van der Waals surface area contributed by atoms with Crippen LogP contribution in [0.15, 0.2) is 48.5 Å². The minimum atomic E-state index is -1.03. The van der Waals surface area contributed by atoms with Crippen molar-refractivity contribution >= 4 is 17.3 Å². The lowest BCUT2D eigenvalue weighted by atomic mass is 10.2. The molecule has 0 heterocycles. The smallest absolute Gasteiger partial charge is 0.323 e. The van der Waals surface area contributed by atoms with Gasteiger partial charge in [-0.1, -0.05) is 0 Å². The minimum Gasteiger partial charge on any atom is -0.480 e. The van der Waals surface area contributed by atoms with Crippen molar-refractivity contribution in [3.63, 3.8) is 0 Å². The molecule has 0 spiro atoms. The largest absolute Gasteiger partial charge is 0.480 e. The molecule has 98 valence electrons. The molecule has 0 fully saturated rings. The van der Waals surface area contributed by atoms with Gasteiger partial charge in [-0.25, -0.2) is 8.78 Å². The molecule has 0 aromatic heterocycles. The molecule has 0 bridgehead atoms. The number of aliphatic carboxylic acids is 1. The van der Waals surface area contributed by atoms with Crippen LogP contribution in [0.25, 0.3) is 0 Å². The normalized spacial score (nSPS) is 10.2. The zero-order valence-electron chi connectivity index (χ0n) is 9.88. The van der Waals surface area contributed by atoms with Crippen molar-refractivity contribution < 1.29 is 18.7 Å². The highest BCUT2D eigenvalue weighted by molar-refractivity contribution is 5.78. The summed E-state index contributed by atoms with van der Waals surface area (Å²) in [6.45, 7) is -0.294. The summed E-state index contributed by atoms with van der Waals surface area (Å²) < 4.78 is 25.8. The molecular weight excluding hydrogens is 252 g/mol. The Hall–Kier alpha value is -2.43. The van der Waals surface area contributed by atoms with Crippen molar-refractivity contribution in [2.24, 2.45) is 0 Å². The molecule has 19 heavy (non-hydrogen) atoms. The van der Waals surface area contributed by atoms with Crippen molar-refractivity contribution in [2.45, 2.75) is 0 Å². The van der Waals surface area contributed by atoms with Gasteiger partial charge < -0.3 is 10.0 Å². The number of rotatable bonds is 4. The van der Waals surface area contributed by atoms with Gasteiger partial charge in [0.05, 0.1) is 0 Å². The second kappa shape index (κ2) is 5.48. The van der Waals surface area contributed by atoms with Crippen LogP contribution < -0.4 is 4.90 Å². The van der Waals surface area contributed by atoms with E-state index >= 15 is 0 Å². The Morgan fingerprint density at radius 2 is 1.26 bits per heavy atom. The average Bonchev–Trinajstić information content (AvgIpc) is 2.38. The fourth-order valence-corrected chi connectivity index (χ4v) is 1.71. The SMILES string of the molecule is O=C(O)CN(c1ccc(F)cc1)c1ccc(F)cc1. The molecule has 5 heteroatoms. The standard InChI is InChI=1S/C14H11F2NO2/c15-10-1-5-12(6-2-10)17(9-14(18)19)13-7-3-11(16)4-8-13/h1-8H,9H2,(H,18,19). The van der Waals surface area contributed by atoms with Gasteiger partial charge in [-0.15, -0.1) is 0 Å². The molecule has 3 nitrogen and oxygen atoms in total. The third kappa shape index (κ3) is 3.28. The molecule has 0 amide bonds. The molecule has 2 aromatic rings. The molecule has 2 aromatic carbocycles. The lowest BCUT2D eigenvalue weighted by Crippen LogP contribution is -2.24. The van der Waals surface area contributed by atoms with E-state index in [-0.39, 0.29) is 6.54 Å². The lowest BCUT2D eigenvalue weighted by Gasteiger charge is -2.23. The van der Waals surface area contributed by atoms with E-state index < -0.39 is 17.6 Å². The molecule has 1 N–H and O–H groups in total. The molecule has 0 aliphatic rings. The topological polar surface area (TPSA) is 40.5 Å². The summed E-state index contributed by atoms with van der Waals surface area (Å²) in [7, 11) is 0. The Labute approximate surface area is 108 Å². The van der Waals surface area contributed by atoms with Gasteiger partial charge in [-0.2, -0.15) is 0 Å². The number of benzene rings is 2. The van der Waals surface area contributed by atoms with E-state index in [1.54, 1.807) is 0 Å². The van der Waals surface area contributed by atoms with Gasteiger partial charge in [-0.3, -0.25) is 4.79 Å². The van der Waals surface area contributed by atoms with Gasteiger partial charge in [0.25, 0.3) is 0 Å². The van der Waals surface area contributed by atoms with Crippen LogP contribution in [0.2, 0.25) is 0 Å². The molecule has 0 radical (unpaired) electrons. The highest BCUT2D eigenvalue weighted by Crippen LogP contribution is 2.25. The average molecular weight is 263 g/mol. The first-order chi connectivity index (χ1) is 9.06. The Morgan fingerprint density at radius 1 is 0.895 bits per heavy atom. The third-order valence-corrected chi connectivity index (χ3v) is 2.57. The third-order valence-electron chi connectivity index (χ3n) is 2.57. The number of nitrogens with zero attached hydrogens (tertiary/aromatic N) is 1. The van der Waals surface area contributed by atoms with E-state index in [0.29, 0.717) is 11.4 Å². The molecular formula is C14H11F2NO2. The van der Waals surface area contributed by atoms with Crippen LogP contribution in [0.1, 0.15) is 0 Å². The van der Waals surface area contributed by atoms with Crippen LogP contribution in [0.3, 0.4) is 0 Å². The zero-order valence-corrected chi connectivity index (χ0v) is 9.88. The van der Waals surface area contributed by atoms with Gasteiger partial charge in [0.1, 0.15) is 18.2 Å². The van der Waals surface area contributed by atoms with Crippen LogP contribution in [0.4, 0.5) is 20.2 Å². The van der Waals surface area contributed by atoms with Gasteiger partial charge in [0, 0.05) is 11.4 Å². The molecule has 0 aliphatic heterocycles. The van der Waals surface area contributed by atoms with E-state index in [1.807, 2.05) is 0 Å². The van der Waals surface area contributed by atoms with Crippen molar-refractivity contribution in [1.29, 1.82) is 0 Å². The number of carboxylic acids is 1. The van der Waals surface area contributed by atoms with Crippen molar-refractivity contribution in [3.05, 3.63) is 60.2 Å². The number of carbonyl (C=O) groups is 1. The summed E-state index contributed by atoms with van der Waals surface area (Å²) in [5, 5.41) is 8.93. The van der Waals surface area contributed by atoms with Crippen molar-refractivity contribution in [3.8, 4) is 0 Å². The van der Waals surface area contributed by atoms with Crippen molar-refractivity contribution in [1.82, 2.24) is 0 Å². The molecule has 2 rings (SSSR count). The maximum absolute atomic E-state index is 12.9. The first-order valence-electron chi connectivity index (χ1n) is 5.57. The van der Waals surface area contributed by atoms with E-state index in [4.69, 9.17) is 5.11 Å². The van der Waals surface area contributed by atoms with Gasteiger partial charge in [0.15, 0.2) is 0 Å². The number of halogens is 2. The number of hydrogen-bond acceptors (Lipinski definition) is 2. The Bertz CT molecular complexity index is 522. The van der Waals surface area contributed by atoms with E-state index in [1.165, 1.54) is 53.4 Å². The number of carboxylic acid groups (broad SMARTS) is 1. The van der Waals surface area contributed by atoms with Crippen LogP contribution >= 0.6 is 0 Å². The van der Waals surface area contributed by atoms with Crippen LogP contribution in [-0.4, -0.2) is 17.6 Å². The van der Waals surface area contributed by atoms with Crippen LogP contribution in [0, 0.1) is 11.6 Å². The summed E-state index contributed by atoms with van der Waals surface area (Å²) in [5.41, 5.74) is 1.05. The lowest BCUT2D eigenvalue weighted by molar-refractivity contribution is -0.135. The predicted molar refractivity (Wildman–Crippen MR) is 67.4 cm³/mol. The number of anilines is 2. The molecule has 0 saturated heterocycles. The highest BCUT2D eigenvalue weighted by Gasteiger charge is 2.13. The van der Waals surface area contributed by atoms with E-state index in [9.17, 15) is 13.6 Å². The Morgan fingerprint density at radius 3 is 1.58 bits per heavy atom. The molecule has 0 unspecified atom stereocenters. The fraction of sp³-hybridized carbons (Fsp3) is 0.0714. The monoisotopic (exact) mass is 263 g/mol. The summed E-state index contributed by atoms with van der Waals surface area (Å²) in [5.74, 6) is -1.84. The summed E-state index contributed by atoms with van der Waals surface area (Å²) in [6.07, 6.45) is 0. The Balaban J connectivity index is 2.37. The second-order valence-corrected chi connectivity index (χ2v) is 3.93. The molecule has 0 saturated carbocycles. The fourth-order valence-electron chi connectivity index (χ4n) is 1.71. The van der Waals surface area contributed by atoms with Crippen LogP contribution in [-0.2, 0) is 4.79 Å². The first kappa shape index (κ1) is 13.0. The molecule has 0 atom stereocenters. The summed E-state index contributed by atoms with van der Waals surface area (Å²) >= 11 is 0. The van der Waals surface area contributed by atoms with E-state index in [0.717, 1.165) is 0 Å². The minimum absolute atomic E-state index is 0.294. The van der Waals surface area contributed by atoms with E-state index in [2.05, 4.69) is 0 Å². The number of hydrogen-bond donors (Lipinski definition) is 1. The molecule has 0 aliphatic carbocycles. The van der Waals surface area contributed by atoms with Crippen LogP contribution in [0.5, 0.6) is 0 Å². The highest BCUT2D eigenvalue weighted by atomic mass is 19.1. The summed E-state index contributed by atoms with van der Waals surface area (Å²) in [6, 6.07) is 10.9. The summed E-state index contributed by atoms with van der Waals surface area (Å²) in [4.78, 5) is 12.4. The maximum atomic E-state index is 12.9. The second-order valence-electron chi connectivity index (χ2n) is 3.93. The van der Waals surface area contributed by atoms with Gasteiger partial charge in [-0.05, 0) is 48.5 Å². The van der Waals surface area contributed by atoms with Gasteiger partial charge in [0.2, 0.25) is 0 Å². The maximum Gasteiger partial charge on any atom is 0.323 e. The Kier molecular flexibility index (Phi) is 3.75. The quantitative estimate of drug-likeness (QED) is 0.921. The van der Waals surface area contributed by atoms with Crippen molar-refractivity contribution in [2.75, 3.05) is 11.4 Å². The first-order valence-corrected chi connectivity index (χ1v) is 5.57. The predicted octanol–water partition coefficient (Wildman–Crippen LogP) is 3.19. The van der Waals surface area contributed by atoms with Gasteiger partial charge >= 0.3 is 5.97 Å². The zero-order chi connectivity index (χ0) is 13.8.